The molecule has 0 unspecified atom stereocenters. The molecule has 0 atom stereocenters. The van der Waals surface area contributed by atoms with Crippen molar-refractivity contribution in [3.8, 4) is 17.5 Å². The predicted molar refractivity (Wildman–Crippen MR) is 85.4 cm³/mol. The van der Waals surface area contributed by atoms with Crippen LogP contribution < -0.4 is 24.8 Å². The lowest BCUT2D eigenvalue weighted by Gasteiger charge is -2.11. The fourth-order valence-electron chi connectivity index (χ4n) is 1.79. The summed E-state index contributed by atoms with van der Waals surface area (Å²) in [4.78, 5) is 19.9. The van der Waals surface area contributed by atoms with E-state index in [9.17, 15) is 4.79 Å². The highest BCUT2D eigenvalue weighted by atomic mass is 16.5. The van der Waals surface area contributed by atoms with Crippen molar-refractivity contribution < 1.29 is 19.0 Å². The largest absolute Gasteiger partial charge is 0.493 e. The zero-order valence-corrected chi connectivity index (χ0v) is 13.1. The number of ether oxygens (including phenoxy) is 3. The number of methoxy groups -OCH3 is 2. The Hall–Kier alpha value is -3.03. The van der Waals surface area contributed by atoms with Gasteiger partial charge in [-0.25, -0.2) is 14.8 Å². The smallest absolute Gasteiger partial charge is 0.323 e. The van der Waals surface area contributed by atoms with Crippen molar-refractivity contribution in [2.75, 3.05) is 31.5 Å². The van der Waals surface area contributed by atoms with E-state index >= 15 is 0 Å². The van der Waals surface area contributed by atoms with Crippen LogP contribution in [0.3, 0.4) is 0 Å². The van der Waals surface area contributed by atoms with Crippen molar-refractivity contribution in [1.82, 2.24) is 9.97 Å². The summed E-state index contributed by atoms with van der Waals surface area (Å²) in [5, 5.41) is 5.31. The third-order valence-electron chi connectivity index (χ3n) is 2.80. The Kier molecular flexibility index (Phi) is 5.56. The van der Waals surface area contributed by atoms with Gasteiger partial charge in [0.05, 0.1) is 38.9 Å². The summed E-state index contributed by atoms with van der Waals surface area (Å²) < 4.78 is 15.5. The Bertz CT molecular complexity index is 661. The monoisotopic (exact) mass is 318 g/mol. The fraction of sp³-hybridized carbons (Fsp3) is 0.267. The lowest BCUT2D eigenvalue weighted by atomic mass is 10.3. The molecule has 0 radical (unpaired) electrons. The second-order valence-corrected chi connectivity index (χ2v) is 4.34. The van der Waals surface area contributed by atoms with Crippen LogP contribution in [-0.4, -0.2) is 36.8 Å². The maximum Gasteiger partial charge on any atom is 0.323 e. The van der Waals surface area contributed by atoms with Gasteiger partial charge in [-0.15, -0.1) is 0 Å². The lowest BCUT2D eigenvalue weighted by Crippen LogP contribution is -2.19. The van der Waals surface area contributed by atoms with E-state index in [-0.39, 0.29) is 6.01 Å². The third-order valence-corrected chi connectivity index (χ3v) is 2.80. The Labute approximate surface area is 133 Å². The first kappa shape index (κ1) is 16.3. The minimum absolute atomic E-state index is 0.262. The number of hydrogen-bond donors (Lipinski definition) is 2. The second-order valence-electron chi connectivity index (χ2n) is 4.34. The maximum atomic E-state index is 12.0. The van der Waals surface area contributed by atoms with Crippen LogP contribution in [0.5, 0.6) is 17.5 Å². The number of rotatable bonds is 6. The molecule has 8 heteroatoms. The number of benzene rings is 1. The summed E-state index contributed by atoms with van der Waals surface area (Å²) in [6.45, 7) is 2.32. The topological polar surface area (TPSA) is 94.6 Å². The molecule has 23 heavy (non-hydrogen) atoms. The first-order valence-electron chi connectivity index (χ1n) is 6.91. The van der Waals surface area contributed by atoms with E-state index in [2.05, 4.69) is 20.6 Å². The van der Waals surface area contributed by atoms with E-state index in [1.807, 2.05) is 6.92 Å². The van der Waals surface area contributed by atoms with E-state index in [0.717, 1.165) is 0 Å². The van der Waals surface area contributed by atoms with Crippen molar-refractivity contribution in [2.24, 2.45) is 0 Å². The van der Waals surface area contributed by atoms with Gasteiger partial charge >= 0.3 is 12.0 Å². The van der Waals surface area contributed by atoms with Crippen molar-refractivity contribution in [1.29, 1.82) is 0 Å². The minimum atomic E-state index is -0.426. The number of nitrogens with zero attached hydrogens (tertiary/aromatic N) is 2. The van der Waals surface area contributed by atoms with Gasteiger partial charge in [-0.2, -0.15) is 0 Å². The van der Waals surface area contributed by atoms with Crippen LogP contribution in [0.4, 0.5) is 16.2 Å². The van der Waals surface area contributed by atoms with Gasteiger partial charge in [0.2, 0.25) is 0 Å². The van der Waals surface area contributed by atoms with Crippen LogP contribution in [0.15, 0.2) is 30.6 Å². The first-order valence-corrected chi connectivity index (χ1v) is 6.91. The molecule has 0 aliphatic heterocycles. The van der Waals surface area contributed by atoms with Crippen molar-refractivity contribution in [2.45, 2.75) is 6.92 Å². The molecule has 2 aromatic rings. The molecule has 0 bridgehead atoms. The summed E-state index contributed by atoms with van der Waals surface area (Å²) in [5.74, 6) is 1.10. The van der Waals surface area contributed by atoms with Crippen molar-refractivity contribution in [3.63, 3.8) is 0 Å². The van der Waals surface area contributed by atoms with Crippen LogP contribution in [0.1, 0.15) is 6.92 Å². The zero-order chi connectivity index (χ0) is 16.7. The summed E-state index contributed by atoms with van der Waals surface area (Å²) in [5.41, 5.74) is 1.01. The molecule has 0 aliphatic rings. The standard InChI is InChI=1S/C15H18N4O4/c1-4-23-15-16-8-11(9-17-15)19-14(20)18-10-5-6-12(21-2)13(7-10)22-3/h5-9H,4H2,1-3H3,(H2,18,19,20). The predicted octanol–water partition coefficient (Wildman–Crippen LogP) is 2.54. The number of hydrogen-bond acceptors (Lipinski definition) is 6. The highest BCUT2D eigenvalue weighted by molar-refractivity contribution is 5.99. The molecule has 0 saturated heterocycles. The molecule has 2 N–H and O–H groups in total. The Balaban J connectivity index is 1.99. The van der Waals surface area contributed by atoms with Crippen LogP contribution in [0, 0.1) is 0 Å². The maximum absolute atomic E-state index is 12.0. The highest BCUT2D eigenvalue weighted by Crippen LogP contribution is 2.29. The van der Waals surface area contributed by atoms with Gasteiger partial charge < -0.3 is 24.8 Å². The first-order chi connectivity index (χ1) is 11.2. The van der Waals surface area contributed by atoms with E-state index < -0.39 is 6.03 Å². The fourth-order valence-corrected chi connectivity index (χ4v) is 1.79. The molecule has 1 aromatic heterocycles. The van der Waals surface area contributed by atoms with Gasteiger partial charge in [-0.05, 0) is 19.1 Å². The molecule has 0 aliphatic carbocycles. The molecular formula is C15H18N4O4. The van der Waals surface area contributed by atoms with Gasteiger partial charge in [0.15, 0.2) is 11.5 Å². The van der Waals surface area contributed by atoms with Gasteiger partial charge in [0.1, 0.15) is 0 Å². The summed E-state index contributed by atoms with van der Waals surface area (Å²) >= 11 is 0. The number of aromatic nitrogens is 2. The average molecular weight is 318 g/mol. The average Bonchev–Trinajstić information content (AvgIpc) is 2.56. The lowest BCUT2D eigenvalue weighted by molar-refractivity contribution is 0.262. The van der Waals surface area contributed by atoms with Crippen LogP contribution in [-0.2, 0) is 0 Å². The van der Waals surface area contributed by atoms with Gasteiger partial charge in [-0.1, -0.05) is 0 Å². The van der Waals surface area contributed by atoms with Crippen LogP contribution >= 0.6 is 0 Å². The van der Waals surface area contributed by atoms with Crippen molar-refractivity contribution in [3.05, 3.63) is 30.6 Å². The number of anilines is 2. The van der Waals surface area contributed by atoms with E-state index in [1.165, 1.54) is 19.5 Å². The summed E-state index contributed by atoms with van der Waals surface area (Å²) in [6.07, 6.45) is 2.93. The summed E-state index contributed by atoms with van der Waals surface area (Å²) in [6, 6.07) is 4.90. The number of carbonyl (C=O) groups is 1. The van der Waals surface area contributed by atoms with E-state index in [1.54, 1.807) is 25.3 Å². The van der Waals surface area contributed by atoms with Gasteiger partial charge in [0, 0.05) is 11.8 Å². The van der Waals surface area contributed by atoms with Gasteiger partial charge in [-0.3, -0.25) is 0 Å². The van der Waals surface area contributed by atoms with E-state index in [0.29, 0.717) is 29.5 Å². The number of amides is 2. The quantitative estimate of drug-likeness (QED) is 0.850. The molecule has 2 rings (SSSR count). The Morgan fingerprint density at radius 2 is 1.70 bits per heavy atom. The molecule has 1 aromatic carbocycles. The minimum Gasteiger partial charge on any atom is -0.493 e. The third kappa shape index (κ3) is 4.47. The second kappa shape index (κ2) is 7.83. The molecular weight excluding hydrogens is 300 g/mol. The molecule has 0 saturated carbocycles. The molecule has 122 valence electrons. The highest BCUT2D eigenvalue weighted by Gasteiger charge is 2.08. The Morgan fingerprint density at radius 3 is 2.30 bits per heavy atom. The normalized spacial score (nSPS) is 9.87. The Morgan fingerprint density at radius 1 is 1.04 bits per heavy atom. The van der Waals surface area contributed by atoms with Crippen LogP contribution in [0.2, 0.25) is 0 Å². The van der Waals surface area contributed by atoms with E-state index in [4.69, 9.17) is 14.2 Å². The number of nitrogens with one attached hydrogen (secondary N) is 2. The molecule has 2 amide bonds. The number of carbonyl (C=O) groups excluding carboxylic acids is 1. The van der Waals surface area contributed by atoms with Crippen molar-refractivity contribution >= 4 is 17.4 Å². The SMILES string of the molecule is CCOc1ncc(NC(=O)Nc2ccc(OC)c(OC)c2)cn1. The molecule has 0 spiro atoms. The van der Waals surface area contributed by atoms with Gasteiger partial charge in [0.25, 0.3) is 0 Å². The molecule has 8 nitrogen and oxygen atoms in total. The summed E-state index contributed by atoms with van der Waals surface area (Å²) in [7, 11) is 3.07. The number of urea groups is 1. The van der Waals surface area contributed by atoms with Crippen LogP contribution in [0.25, 0.3) is 0 Å². The zero-order valence-electron chi connectivity index (χ0n) is 13.1. The molecule has 0 fully saturated rings. The molecule has 1 heterocycles.